The molecular formula is C9H13N3O. The minimum atomic E-state index is 0.886. The van der Waals surface area contributed by atoms with E-state index in [4.69, 9.17) is 5.84 Å². The van der Waals surface area contributed by atoms with Crippen LogP contribution in [0.25, 0.3) is 6.08 Å². The van der Waals surface area contributed by atoms with Gasteiger partial charge in [0.05, 0.1) is 7.11 Å². The van der Waals surface area contributed by atoms with Crippen LogP contribution in [-0.2, 0) is 4.84 Å². The zero-order valence-electron chi connectivity index (χ0n) is 7.45. The van der Waals surface area contributed by atoms with Gasteiger partial charge in [0.2, 0.25) is 0 Å². The third kappa shape index (κ3) is 3.14. The summed E-state index contributed by atoms with van der Waals surface area (Å²) in [6.45, 7) is 0. The van der Waals surface area contributed by atoms with Crippen LogP contribution in [0.2, 0.25) is 0 Å². The van der Waals surface area contributed by atoms with E-state index in [0.29, 0.717) is 0 Å². The van der Waals surface area contributed by atoms with Crippen molar-refractivity contribution >= 4 is 11.8 Å². The van der Waals surface area contributed by atoms with Gasteiger partial charge in [0, 0.05) is 11.9 Å². The van der Waals surface area contributed by atoms with Crippen molar-refractivity contribution in [2.75, 3.05) is 12.5 Å². The van der Waals surface area contributed by atoms with Crippen molar-refractivity contribution in [3.05, 3.63) is 36.0 Å². The standard InChI is InChI=1S/C9H13N3O/c1-13-11-7-6-8-2-4-9(12-10)5-3-8/h2-7,11-12H,10H2,1H3. The third-order valence-corrected chi connectivity index (χ3v) is 1.54. The minimum Gasteiger partial charge on any atom is -0.324 e. The molecule has 0 bridgehead atoms. The van der Waals surface area contributed by atoms with Gasteiger partial charge in [0.15, 0.2) is 0 Å². The van der Waals surface area contributed by atoms with Crippen LogP contribution in [-0.4, -0.2) is 7.11 Å². The second-order valence-corrected chi connectivity index (χ2v) is 2.42. The van der Waals surface area contributed by atoms with Crippen molar-refractivity contribution < 1.29 is 4.84 Å². The lowest BCUT2D eigenvalue weighted by atomic mass is 10.2. The molecule has 0 saturated carbocycles. The Balaban J connectivity index is 2.58. The van der Waals surface area contributed by atoms with Crippen LogP contribution in [0.4, 0.5) is 5.69 Å². The first kappa shape index (κ1) is 9.57. The van der Waals surface area contributed by atoms with Gasteiger partial charge in [-0.15, -0.1) is 0 Å². The molecule has 0 unspecified atom stereocenters. The van der Waals surface area contributed by atoms with E-state index < -0.39 is 0 Å². The molecule has 0 amide bonds. The number of nitrogens with two attached hydrogens (primary N) is 1. The Kier molecular flexibility index (Phi) is 3.81. The molecule has 1 rings (SSSR count). The van der Waals surface area contributed by atoms with Gasteiger partial charge >= 0.3 is 0 Å². The van der Waals surface area contributed by atoms with Crippen molar-refractivity contribution in [2.45, 2.75) is 0 Å². The van der Waals surface area contributed by atoms with Crippen LogP contribution in [0, 0.1) is 0 Å². The summed E-state index contributed by atoms with van der Waals surface area (Å²) in [4.78, 5) is 4.64. The Morgan fingerprint density at radius 2 is 2.00 bits per heavy atom. The Morgan fingerprint density at radius 3 is 2.54 bits per heavy atom. The Morgan fingerprint density at radius 1 is 1.31 bits per heavy atom. The quantitative estimate of drug-likeness (QED) is 0.478. The molecule has 70 valence electrons. The van der Waals surface area contributed by atoms with E-state index in [2.05, 4.69) is 15.7 Å². The molecular weight excluding hydrogens is 166 g/mol. The maximum atomic E-state index is 5.22. The lowest BCUT2D eigenvalue weighted by Gasteiger charge is -1.99. The summed E-state index contributed by atoms with van der Waals surface area (Å²) in [5.74, 6) is 5.22. The molecule has 0 saturated heterocycles. The number of nitrogens with one attached hydrogen (secondary N) is 2. The fraction of sp³-hybridized carbons (Fsp3) is 0.111. The smallest absolute Gasteiger partial charge is 0.0636 e. The number of anilines is 1. The van der Waals surface area contributed by atoms with E-state index >= 15 is 0 Å². The predicted molar refractivity (Wildman–Crippen MR) is 53.4 cm³/mol. The van der Waals surface area contributed by atoms with Crippen molar-refractivity contribution in [1.29, 1.82) is 0 Å². The molecule has 0 atom stereocenters. The summed E-state index contributed by atoms with van der Waals surface area (Å²) in [6, 6.07) is 7.69. The van der Waals surface area contributed by atoms with Crippen LogP contribution in [0.15, 0.2) is 30.5 Å². The highest BCUT2D eigenvalue weighted by Crippen LogP contribution is 2.08. The number of benzene rings is 1. The molecule has 0 aliphatic carbocycles. The first-order chi connectivity index (χ1) is 6.36. The largest absolute Gasteiger partial charge is 0.324 e. The van der Waals surface area contributed by atoms with Gasteiger partial charge in [-0.2, -0.15) is 0 Å². The number of nitrogen functional groups attached to an aromatic ring is 1. The first-order valence-electron chi connectivity index (χ1n) is 3.88. The summed E-state index contributed by atoms with van der Waals surface area (Å²) in [5, 5.41) is 0. The summed E-state index contributed by atoms with van der Waals surface area (Å²) >= 11 is 0. The maximum Gasteiger partial charge on any atom is 0.0636 e. The number of hydrogen-bond acceptors (Lipinski definition) is 4. The van der Waals surface area contributed by atoms with Crippen LogP contribution >= 0.6 is 0 Å². The van der Waals surface area contributed by atoms with Gasteiger partial charge in [0.25, 0.3) is 0 Å². The molecule has 1 aromatic rings. The zero-order chi connectivity index (χ0) is 9.52. The van der Waals surface area contributed by atoms with E-state index in [1.54, 1.807) is 13.3 Å². The minimum absolute atomic E-state index is 0.886. The topological polar surface area (TPSA) is 59.3 Å². The fourth-order valence-corrected chi connectivity index (χ4v) is 0.889. The summed E-state index contributed by atoms with van der Waals surface area (Å²) in [5.41, 5.74) is 7.12. The fourth-order valence-electron chi connectivity index (χ4n) is 0.889. The second kappa shape index (κ2) is 5.18. The molecule has 0 heterocycles. The van der Waals surface area contributed by atoms with Crippen molar-refractivity contribution in [1.82, 2.24) is 5.48 Å². The maximum absolute atomic E-state index is 5.22. The van der Waals surface area contributed by atoms with E-state index in [1.807, 2.05) is 30.3 Å². The van der Waals surface area contributed by atoms with E-state index in [-0.39, 0.29) is 0 Å². The SMILES string of the molecule is CONC=Cc1ccc(NN)cc1. The lowest BCUT2D eigenvalue weighted by Crippen LogP contribution is -2.06. The molecule has 4 heteroatoms. The molecule has 0 spiro atoms. The Labute approximate surface area is 77.3 Å². The molecule has 0 fully saturated rings. The van der Waals surface area contributed by atoms with Gasteiger partial charge in [0.1, 0.15) is 0 Å². The van der Waals surface area contributed by atoms with Crippen LogP contribution in [0.1, 0.15) is 5.56 Å². The summed E-state index contributed by atoms with van der Waals surface area (Å²) < 4.78 is 0. The summed E-state index contributed by atoms with van der Waals surface area (Å²) in [7, 11) is 1.56. The van der Waals surface area contributed by atoms with Crippen molar-refractivity contribution in [3.8, 4) is 0 Å². The van der Waals surface area contributed by atoms with Crippen LogP contribution in [0.3, 0.4) is 0 Å². The average molecular weight is 179 g/mol. The highest BCUT2D eigenvalue weighted by atomic mass is 16.6. The summed E-state index contributed by atoms with van der Waals surface area (Å²) in [6.07, 6.45) is 3.61. The van der Waals surface area contributed by atoms with E-state index in [0.717, 1.165) is 11.3 Å². The van der Waals surface area contributed by atoms with E-state index in [1.165, 1.54) is 0 Å². The Hall–Kier alpha value is -1.52. The van der Waals surface area contributed by atoms with Crippen LogP contribution < -0.4 is 16.7 Å². The molecule has 0 radical (unpaired) electrons. The molecule has 0 aliphatic heterocycles. The zero-order valence-corrected chi connectivity index (χ0v) is 7.45. The molecule has 13 heavy (non-hydrogen) atoms. The van der Waals surface area contributed by atoms with Gasteiger partial charge in [-0.1, -0.05) is 12.1 Å². The van der Waals surface area contributed by atoms with Gasteiger partial charge < -0.3 is 5.43 Å². The lowest BCUT2D eigenvalue weighted by molar-refractivity contribution is 0.129. The monoisotopic (exact) mass is 179 g/mol. The molecule has 4 nitrogen and oxygen atoms in total. The van der Waals surface area contributed by atoms with Crippen LogP contribution in [0.5, 0.6) is 0 Å². The van der Waals surface area contributed by atoms with Crippen molar-refractivity contribution in [3.63, 3.8) is 0 Å². The van der Waals surface area contributed by atoms with Crippen molar-refractivity contribution in [2.24, 2.45) is 5.84 Å². The molecule has 0 aromatic heterocycles. The second-order valence-electron chi connectivity index (χ2n) is 2.42. The Bertz CT molecular complexity index is 269. The van der Waals surface area contributed by atoms with Gasteiger partial charge in [-0.3, -0.25) is 16.2 Å². The van der Waals surface area contributed by atoms with E-state index in [9.17, 15) is 0 Å². The average Bonchev–Trinajstić information content (AvgIpc) is 2.19. The van der Waals surface area contributed by atoms with Gasteiger partial charge in [-0.05, 0) is 23.8 Å². The number of rotatable bonds is 4. The first-order valence-corrected chi connectivity index (χ1v) is 3.88. The molecule has 0 aliphatic rings. The third-order valence-electron chi connectivity index (χ3n) is 1.54. The number of hydrazine groups is 1. The van der Waals surface area contributed by atoms with Gasteiger partial charge in [-0.25, -0.2) is 0 Å². The number of hydrogen-bond donors (Lipinski definition) is 3. The normalized spacial score (nSPS) is 10.3. The molecule has 4 N–H and O–H groups in total. The predicted octanol–water partition coefficient (Wildman–Crippen LogP) is 1.09. The molecule has 1 aromatic carbocycles. The highest BCUT2D eigenvalue weighted by Gasteiger charge is 1.87. The number of hydroxylamine groups is 1. The highest BCUT2D eigenvalue weighted by molar-refractivity contribution is 5.54.